The van der Waals surface area contributed by atoms with Gasteiger partial charge in [0.1, 0.15) is 24.2 Å². The fourth-order valence-electron chi connectivity index (χ4n) is 5.80. The van der Waals surface area contributed by atoms with Crippen molar-refractivity contribution in [2.75, 3.05) is 26.8 Å². The Morgan fingerprint density at radius 3 is 2.32 bits per heavy atom. The van der Waals surface area contributed by atoms with Gasteiger partial charge in [0.05, 0.1) is 7.11 Å². The van der Waals surface area contributed by atoms with E-state index in [4.69, 9.17) is 9.47 Å². The average Bonchev–Trinajstić information content (AvgIpc) is 3.55. The molecular weight excluding hydrogens is 644 g/mol. The van der Waals surface area contributed by atoms with Crippen molar-refractivity contribution in [3.63, 3.8) is 0 Å². The quantitative estimate of drug-likeness (QED) is 0.254. The molecule has 4 rings (SSSR count). The Labute approximate surface area is 292 Å². The van der Waals surface area contributed by atoms with Gasteiger partial charge in [-0.25, -0.2) is 0 Å². The third-order valence-electron chi connectivity index (χ3n) is 8.63. The maximum Gasteiger partial charge on any atom is 0.257 e. The van der Waals surface area contributed by atoms with E-state index in [0.29, 0.717) is 43.7 Å². The number of nitrogens with one attached hydrogen (secondary N) is 6. The molecule has 2 aromatic carbocycles. The number of rotatable bonds is 6. The topological polar surface area (TPSA) is 193 Å². The lowest BCUT2D eigenvalue weighted by atomic mass is 10.00. The molecule has 0 aromatic heterocycles. The molecule has 0 aliphatic carbocycles. The molecule has 1 saturated heterocycles. The van der Waals surface area contributed by atoms with Gasteiger partial charge in [-0.05, 0) is 61.3 Å². The Hall–Kier alpha value is -5.14. The second-order valence-corrected chi connectivity index (χ2v) is 12.9. The van der Waals surface area contributed by atoms with Crippen molar-refractivity contribution >= 4 is 35.4 Å². The minimum absolute atomic E-state index is 0.117. The Morgan fingerprint density at radius 2 is 1.62 bits per heavy atom. The van der Waals surface area contributed by atoms with Crippen LogP contribution in [0, 0.1) is 5.92 Å². The number of fused-ring (bicyclic) bond motifs is 2. The highest BCUT2D eigenvalue weighted by Gasteiger charge is 2.33. The number of carbonyl (C=O) groups excluding carboxylic acids is 6. The summed E-state index contributed by atoms with van der Waals surface area (Å²) in [4.78, 5) is 78.5. The van der Waals surface area contributed by atoms with E-state index in [1.807, 2.05) is 50.2 Å². The molecule has 0 spiro atoms. The van der Waals surface area contributed by atoms with Crippen LogP contribution < -0.4 is 41.4 Å². The molecule has 6 amide bonds. The fraction of sp³-hybridized carbons (Fsp3) is 0.500. The monoisotopic (exact) mass is 692 g/mol. The number of benzene rings is 2. The van der Waals surface area contributed by atoms with Crippen LogP contribution in [0.25, 0.3) is 0 Å². The Kier molecular flexibility index (Phi) is 14.0. The molecule has 2 aromatic rings. The molecule has 0 radical (unpaired) electrons. The van der Waals surface area contributed by atoms with Crippen LogP contribution in [0.2, 0.25) is 0 Å². The van der Waals surface area contributed by atoms with Gasteiger partial charge >= 0.3 is 0 Å². The summed E-state index contributed by atoms with van der Waals surface area (Å²) in [5, 5.41) is 16.7. The first-order valence-corrected chi connectivity index (χ1v) is 17.1. The van der Waals surface area contributed by atoms with E-state index < -0.39 is 41.9 Å². The van der Waals surface area contributed by atoms with Gasteiger partial charge in [0.15, 0.2) is 18.1 Å². The van der Waals surface area contributed by atoms with Crippen molar-refractivity contribution in [1.29, 1.82) is 0 Å². The van der Waals surface area contributed by atoms with Gasteiger partial charge in [0.25, 0.3) is 5.91 Å². The molecule has 270 valence electrons. The van der Waals surface area contributed by atoms with E-state index in [0.717, 1.165) is 11.1 Å². The lowest BCUT2D eigenvalue weighted by Gasteiger charge is -2.27. The van der Waals surface area contributed by atoms with Gasteiger partial charge in [-0.1, -0.05) is 50.2 Å². The molecule has 14 heteroatoms. The summed E-state index contributed by atoms with van der Waals surface area (Å²) < 4.78 is 11.2. The van der Waals surface area contributed by atoms with Crippen molar-refractivity contribution in [1.82, 2.24) is 31.9 Å². The zero-order valence-corrected chi connectivity index (χ0v) is 28.8. The minimum atomic E-state index is -1.09. The van der Waals surface area contributed by atoms with E-state index in [1.54, 1.807) is 12.1 Å². The van der Waals surface area contributed by atoms with Crippen LogP contribution in [-0.4, -0.2) is 86.4 Å². The van der Waals surface area contributed by atoms with Crippen molar-refractivity contribution in [2.45, 2.75) is 83.0 Å². The van der Waals surface area contributed by atoms with Crippen LogP contribution in [0.5, 0.6) is 11.5 Å². The molecule has 14 nitrogen and oxygen atoms in total. The number of ether oxygens (including phenoxy) is 2. The van der Waals surface area contributed by atoms with Crippen LogP contribution in [-0.2, 0) is 41.6 Å². The number of methoxy groups -OCH3 is 1. The van der Waals surface area contributed by atoms with Crippen molar-refractivity contribution in [3.8, 4) is 11.5 Å². The molecule has 4 atom stereocenters. The molecular formula is C36H48N6O8. The van der Waals surface area contributed by atoms with E-state index >= 15 is 0 Å². The van der Waals surface area contributed by atoms with Crippen LogP contribution >= 0.6 is 0 Å². The smallest absolute Gasteiger partial charge is 0.257 e. The Bertz CT molecular complexity index is 1520. The van der Waals surface area contributed by atoms with E-state index in [1.165, 1.54) is 7.11 Å². The maximum atomic E-state index is 13.8. The van der Waals surface area contributed by atoms with Gasteiger partial charge in [0.2, 0.25) is 29.5 Å². The first-order valence-electron chi connectivity index (χ1n) is 17.1. The first kappa shape index (κ1) is 37.7. The van der Waals surface area contributed by atoms with Crippen LogP contribution in [0.3, 0.4) is 0 Å². The summed E-state index contributed by atoms with van der Waals surface area (Å²) in [6.07, 6.45) is 2.24. The third-order valence-corrected chi connectivity index (χ3v) is 8.63. The molecule has 2 aliphatic rings. The number of hydrogen-bond acceptors (Lipinski definition) is 8. The number of hydrogen-bond donors (Lipinski definition) is 6. The highest BCUT2D eigenvalue weighted by molar-refractivity contribution is 5.96. The normalized spacial score (nSPS) is 23.1. The summed E-state index contributed by atoms with van der Waals surface area (Å²) >= 11 is 0. The molecule has 50 heavy (non-hydrogen) atoms. The molecule has 1 fully saturated rings. The van der Waals surface area contributed by atoms with Gasteiger partial charge < -0.3 is 41.4 Å². The summed E-state index contributed by atoms with van der Waals surface area (Å²) in [5.41, 5.74) is 1.71. The summed E-state index contributed by atoms with van der Waals surface area (Å²) in [5.74, 6) is -2.08. The SMILES string of the molecule is COc1ccc2cc1OCC(=O)NCCC[C@H](NC(=O)[C@@H]1CCC(=O)N1)C(=O)N[C@@H](Cc1ccccc1)C(=O)N[C@H](C(C)C)C(=O)NCCC2. The second kappa shape index (κ2) is 18.6. The van der Waals surface area contributed by atoms with Crippen LogP contribution in [0.1, 0.15) is 57.1 Å². The van der Waals surface area contributed by atoms with Crippen molar-refractivity contribution in [3.05, 3.63) is 59.7 Å². The number of carbonyl (C=O) groups is 6. The zero-order valence-electron chi connectivity index (χ0n) is 28.8. The molecule has 2 heterocycles. The Morgan fingerprint density at radius 1 is 0.860 bits per heavy atom. The average molecular weight is 693 g/mol. The highest BCUT2D eigenvalue weighted by Crippen LogP contribution is 2.28. The van der Waals surface area contributed by atoms with E-state index in [2.05, 4.69) is 31.9 Å². The predicted molar refractivity (Wildman–Crippen MR) is 184 cm³/mol. The molecule has 6 N–H and O–H groups in total. The summed E-state index contributed by atoms with van der Waals surface area (Å²) in [7, 11) is 1.51. The molecule has 0 saturated carbocycles. The lowest BCUT2D eigenvalue weighted by molar-refractivity contribution is -0.134. The van der Waals surface area contributed by atoms with Gasteiger partial charge in [-0.2, -0.15) is 0 Å². The zero-order chi connectivity index (χ0) is 36.0. The van der Waals surface area contributed by atoms with Gasteiger partial charge in [-0.3, -0.25) is 28.8 Å². The predicted octanol–water partition coefficient (Wildman–Crippen LogP) is 0.665. The van der Waals surface area contributed by atoms with Crippen molar-refractivity contribution < 1.29 is 38.2 Å². The molecule has 2 aliphatic heterocycles. The lowest BCUT2D eigenvalue weighted by Crippen LogP contribution is -2.59. The van der Waals surface area contributed by atoms with Crippen LogP contribution in [0.15, 0.2) is 48.5 Å². The number of aryl methyl sites for hydroxylation is 1. The number of amides is 6. The van der Waals surface area contributed by atoms with Crippen LogP contribution in [0.4, 0.5) is 0 Å². The van der Waals surface area contributed by atoms with E-state index in [9.17, 15) is 28.8 Å². The highest BCUT2D eigenvalue weighted by atomic mass is 16.5. The minimum Gasteiger partial charge on any atom is -0.493 e. The summed E-state index contributed by atoms with van der Waals surface area (Å²) in [6.45, 7) is 3.90. The molecule has 2 bridgehead atoms. The largest absolute Gasteiger partial charge is 0.493 e. The van der Waals surface area contributed by atoms with Gasteiger partial charge in [0, 0.05) is 25.9 Å². The van der Waals surface area contributed by atoms with E-state index in [-0.39, 0.29) is 56.1 Å². The molecule has 0 unspecified atom stereocenters. The Balaban J connectivity index is 1.58. The first-order chi connectivity index (χ1) is 24.0. The standard InChI is InChI=1S/C36H48N6O8/c1-22(2)32-36(48)38-18-7-11-24-13-15-28(49-3)29(20-24)50-21-31(44)37-17-8-12-25(40-34(46)26-14-16-30(43)39-26)33(45)41-27(35(47)42-32)19-23-9-5-4-6-10-23/h4-6,9-10,13,15,20,22,25-27,32H,7-8,11-12,14,16-19,21H2,1-3H3,(H,37,44)(H,38,48)(H,39,43)(H,40,46)(H,41,45)(H,42,47)/t25-,26-,27-,32+/m0/s1. The fourth-order valence-corrected chi connectivity index (χ4v) is 5.80. The second-order valence-electron chi connectivity index (χ2n) is 12.9. The maximum absolute atomic E-state index is 13.8. The third kappa shape index (κ3) is 11.2. The summed E-state index contributed by atoms with van der Waals surface area (Å²) in [6, 6.07) is 10.7. The van der Waals surface area contributed by atoms with Gasteiger partial charge in [-0.15, -0.1) is 0 Å². The van der Waals surface area contributed by atoms with Crippen molar-refractivity contribution in [2.24, 2.45) is 5.92 Å².